The second kappa shape index (κ2) is 14.0. The van der Waals surface area contributed by atoms with Crippen LogP contribution in [0, 0.1) is 6.92 Å². The van der Waals surface area contributed by atoms with Crippen LogP contribution < -0.4 is 9.62 Å². The van der Waals surface area contributed by atoms with Crippen LogP contribution in [0.25, 0.3) is 0 Å². The highest BCUT2D eigenvalue weighted by Crippen LogP contribution is 2.38. The molecule has 2 atom stereocenters. The molecule has 13 heteroatoms. The highest BCUT2D eigenvalue weighted by Gasteiger charge is 2.37. The van der Waals surface area contributed by atoms with Crippen LogP contribution in [0.4, 0.5) is 18.9 Å². The summed E-state index contributed by atoms with van der Waals surface area (Å²) in [5.74, 6) is -1.29. The lowest BCUT2D eigenvalue weighted by atomic mass is 10.1. The highest BCUT2D eigenvalue weighted by atomic mass is 35.5. The van der Waals surface area contributed by atoms with Crippen LogP contribution in [0.3, 0.4) is 0 Å². The van der Waals surface area contributed by atoms with E-state index in [-0.39, 0.29) is 17.5 Å². The Kier molecular flexibility index (Phi) is 11.1. The van der Waals surface area contributed by atoms with Gasteiger partial charge in [0.1, 0.15) is 12.6 Å². The number of carbonyl (C=O) groups excluding carboxylic acids is 2. The van der Waals surface area contributed by atoms with E-state index >= 15 is 0 Å². The largest absolute Gasteiger partial charge is 0.417 e. The molecule has 7 nitrogen and oxygen atoms in total. The number of rotatable bonds is 11. The van der Waals surface area contributed by atoms with Crippen LogP contribution in [0.2, 0.25) is 10.0 Å². The van der Waals surface area contributed by atoms with E-state index in [9.17, 15) is 31.2 Å². The molecule has 3 aromatic carbocycles. The lowest BCUT2D eigenvalue weighted by molar-refractivity contribution is -0.139. The maximum Gasteiger partial charge on any atom is 0.417 e. The normalized spacial score (nSPS) is 13.2. The van der Waals surface area contributed by atoms with Gasteiger partial charge in [0.15, 0.2) is 0 Å². The van der Waals surface area contributed by atoms with Crippen molar-refractivity contribution in [2.45, 2.75) is 63.8 Å². The summed E-state index contributed by atoms with van der Waals surface area (Å²) in [6, 6.07) is 13.5. The topological polar surface area (TPSA) is 86.8 Å². The molecule has 0 aliphatic heterocycles. The van der Waals surface area contributed by atoms with E-state index in [1.54, 1.807) is 38.1 Å². The summed E-state index contributed by atoms with van der Waals surface area (Å²) in [7, 11) is -4.56. The Bertz CT molecular complexity index is 1550. The molecule has 0 fully saturated rings. The zero-order valence-electron chi connectivity index (χ0n) is 24.0. The summed E-state index contributed by atoms with van der Waals surface area (Å²) in [5.41, 5.74) is -0.334. The fourth-order valence-electron chi connectivity index (χ4n) is 4.09. The molecular formula is C30H32Cl2F3N3O4S. The van der Waals surface area contributed by atoms with Crippen molar-refractivity contribution >= 4 is 50.7 Å². The van der Waals surface area contributed by atoms with Crippen LogP contribution in [-0.4, -0.2) is 43.8 Å². The number of sulfonamides is 1. The van der Waals surface area contributed by atoms with Gasteiger partial charge in [-0.3, -0.25) is 13.9 Å². The minimum Gasteiger partial charge on any atom is -0.352 e. The van der Waals surface area contributed by atoms with Crippen molar-refractivity contribution in [2.24, 2.45) is 0 Å². The molecule has 3 rings (SSSR count). The summed E-state index contributed by atoms with van der Waals surface area (Å²) in [4.78, 5) is 28.0. The first-order chi connectivity index (χ1) is 20.0. The van der Waals surface area contributed by atoms with Crippen molar-refractivity contribution in [3.8, 4) is 0 Å². The monoisotopic (exact) mass is 657 g/mol. The second-order valence-corrected chi connectivity index (χ2v) is 12.8. The predicted octanol–water partition coefficient (Wildman–Crippen LogP) is 6.85. The number of hydrogen-bond acceptors (Lipinski definition) is 4. The van der Waals surface area contributed by atoms with Gasteiger partial charge in [0.05, 0.1) is 21.2 Å². The molecule has 2 amide bonds. The average Bonchev–Trinajstić information content (AvgIpc) is 2.95. The zero-order valence-corrected chi connectivity index (χ0v) is 26.3. The third kappa shape index (κ3) is 8.64. The van der Waals surface area contributed by atoms with Crippen LogP contribution in [0.1, 0.15) is 43.9 Å². The second-order valence-electron chi connectivity index (χ2n) is 10.1. The number of halogens is 5. The number of amides is 2. The molecule has 3 aromatic rings. The van der Waals surface area contributed by atoms with Gasteiger partial charge in [-0.25, -0.2) is 8.42 Å². The Morgan fingerprint density at radius 1 is 0.953 bits per heavy atom. The number of carbonyl (C=O) groups is 2. The molecule has 0 bridgehead atoms. The first kappa shape index (κ1) is 34.2. The minimum atomic E-state index is -4.89. The molecule has 0 saturated carbocycles. The van der Waals surface area contributed by atoms with Crippen LogP contribution in [0.15, 0.2) is 71.6 Å². The average molecular weight is 659 g/mol. The quantitative estimate of drug-likeness (QED) is 0.244. The van der Waals surface area contributed by atoms with Gasteiger partial charge in [0.2, 0.25) is 11.8 Å². The Labute approximate surface area is 259 Å². The summed E-state index contributed by atoms with van der Waals surface area (Å²) >= 11 is 11.8. The van der Waals surface area contributed by atoms with E-state index in [1.165, 1.54) is 36.1 Å². The van der Waals surface area contributed by atoms with E-state index in [0.717, 1.165) is 17.7 Å². The smallest absolute Gasteiger partial charge is 0.352 e. The van der Waals surface area contributed by atoms with Gasteiger partial charge in [0, 0.05) is 17.6 Å². The fraction of sp³-hybridized carbons (Fsp3) is 0.333. The number of hydrogen-bond donors (Lipinski definition) is 1. The number of aryl methyl sites for hydroxylation is 1. The maximum atomic E-state index is 13.9. The minimum absolute atomic E-state index is 0.0993. The van der Waals surface area contributed by atoms with Gasteiger partial charge < -0.3 is 10.2 Å². The predicted molar refractivity (Wildman–Crippen MR) is 162 cm³/mol. The Morgan fingerprint density at radius 3 is 2.12 bits per heavy atom. The lowest BCUT2D eigenvalue weighted by Crippen LogP contribution is -2.52. The molecule has 0 aliphatic rings. The molecule has 0 aromatic heterocycles. The van der Waals surface area contributed by atoms with E-state index < -0.39 is 56.9 Å². The molecule has 2 unspecified atom stereocenters. The maximum absolute atomic E-state index is 13.9. The molecule has 0 radical (unpaired) electrons. The summed E-state index contributed by atoms with van der Waals surface area (Å²) < 4.78 is 69.6. The molecule has 232 valence electrons. The van der Waals surface area contributed by atoms with E-state index in [4.69, 9.17) is 23.2 Å². The highest BCUT2D eigenvalue weighted by molar-refractivity contribution is 7.92. The molecule has 43 heavy (non-hydrogen) atoms. The molecule has 0 aliphatic carbocycles. The van der Waals surface area contributed by atoms with E-state index in [0.29, 0.717) is 27.4 Å². The number of benzene rings is 3. The number of alkyl halides is 3. The molecule has 1 N–H and O–H groups in total. The van der Waals surface area contributed by atoms with Gasteiger partial charge in [-0.1, -0.05) is 60.0 Å². The third-order valence-electron chi connectivity index (χ3n) is 6.87. The van der Waals surface area contributed by atoms with E-state index in [2.05, 4.69) is 5.32 Å². The van der Waals surface area contributed by atoms with Crippen molar-refractivity contribution in [1.82, 2.24) is 10.2 Å². The van der Waals surface area contributed by atoms with Crippen LogP contribution in [0.5, 0.6) is 0 Å². The first-order valence-corrected chi connectivity index (χ1v) is 15.5. The SMILES string of the molecule is CCC(C)NC(=O)C(C)N(Cc1ccc(Cl)cc1)C(=O)CN(c1ccc(Cl)c(C(F)(F)F)c1)S(=O)(=O)c1ccc(C)cc1. The van der Waals surface area contributed by atoms with Gasteiger partial charge in [0.25, 0.3) is 10.0 Å². The Morgan fingerprint density at radius 2 is 1.56 bits per heavy atom. The van der Waals surface area contributed by atoms with Gasteiger partial charge in [-0.2, -0.15) is 13.2 Å². The molecule has 0 heterocycles. The van der Waals surface area contributed by atoms with Gasteiger partial charge in [-0.15, -0.1) is 0 Å². The molecule has 0 spiro atoms. The number of nitrogens with zero attached hydrogens (tertiary/aromatic N) is 2. The number of anilines is 1. The van der Waals surface area contributed by atoms with Gasteiger partial charge in [-0.05, 0) is 75.2 Å². The summed E-state index contributed by atoms with van der Waals surface area (Å²) in [6.45, 7) is 5.91. The number of nitrogens with one attached hydrogen (secondary N) is 1. The van der Waals surface area contributed by atoms with Crippen molar-refractivity contribution in [2.75, 3.05) is 10.8 Å². The van der Waals surface area contributed by atoms with E-state index in [1.807, 2.05) is 6.92 Å². The van der Waals surface area contributed by atoms with Crippen LogP contribution >= 0.6 is 23.2 Å². The standard InChI is InChI=1S/C30H32Cl2F3N3O4S/c1-5-20(3)36-29(40)21(4)37(17-22-8-10-23(31)11-9-22)28(39)18-38(43(41,42)25-13-6-19(2)7-14-25)24-12-15-27(32)26(16-24)30(33,34)35/h6-16,20-21H,5,17-18H2,1-4H3,(H,36,40). The van der Waals surface area contributed by atoms with Crippen molar-refractivity contribution < 1.29 is 31.2 Å². The lowest BCUT2D eigenvalue weighted by Gasteiger charge is -2.32. The molecular weight excluding hydrogens is 626 g/mol. The van der Waals surface area contributed by atoms with Crippen LogP contribution in [-0.2, 0) is 32.3 Å². The van der Waals surface area contributed by atoms with Crippen molar-refractivity contribution in [1.29, 1.82) is 0 Å². The first-order valence-electron chi connectivity index (χ1n) is 13.3. The summed E-state index contributed by atoms with van der Waals surface area (Å²) in [6.07, 6.45) is -4.26. The Hall–Kier alpha value is -3.28. The third-order valence-corrected chi connectivity index (χ3v) is 9.24. The Balaban J connectivity index is 2.11. The molecule has 0 saturated heterocycles. The zero-order chi connectivity index (χ0) is 32.1. The van der Waals surface area contributed by atoms with Crippen molar-refractivity contribution in [3.63, 3.8) is 0 Å². The fourth-order valence-corrected chi connectivity index (χ4v) is 5.84. The van der Waals surface area contributed by atoms with Crippen molar-refractivity contribution in [3.05, 3.63) is 93.5 Å². The summed E-state index contributed by atoms with van der Waals surface area (Å²) in [5, 5.41) is 2.63. The van der Waals surface area contributed by atoms with Gasteiger partial charge >= 0.3 is 6.18 Å².